The number of rotatable bonds is 4. The van der Waals surface area contributed by atoms with Gasteiger partial charge in [0.05, 0.1) is 18.4 Å². The highest BCUT2D eigenvalue weighted by Gasteiger charge is 2.51. The van der Waals surface area contributed by atoms with Crippen molar-refractivity contribution in [3.63, 3.8) is 0 Å². The first-order valence-corrected chi connectivity index (χ1v) is 7.74. The van der Waals surface area contributed by atoms with E-state index < -0.39 is 23.9 Å². The minimum Gasteiger partial charge on any atom is -0.369 e. The van der Waals surface area contributed by atoms with Crippen molar-refractivity contribution in [1.29, 1.82) is 0 Å². The number of likely N-dealkylation sites (tertiary alicyclic amines) is 1. The topological polar surface area (TPSA) is 77.0 Å². The van der Waals surface area contributed by atoms with Crippen LogP contribution >= 0.6 is 0 Å². The Bertz CT molecular complexity index is 596. The molecule has 0 bridgehead atoms. The van der Waals surface area contributed by atoms with E-state index in [1.54, 1.807) is 4.90 Å². The van der Waals surface area contributed by atoms with Crippen molar-refractivity contribution in [1.82, 2.24) is 19.7 Å². The molecule has 3 rings (SSSR count). The van der Waals surface area contributed by atoms with Gasteiger partial charge in [0, 0.05) is 26.1 Å². The van der Waals surface area contributed by atoms with E-state index in [1.807, 2.05) is 11.6 Å². The number of nitrogens with zero attached hydrogens (tertiary/aromatic N) is 4. The molecule has 0 spiro atoms. The van der Waals surface area contributed by atoms with Crippen LogP contribution in [0.15, 0.2) is 0 Å². The zero-order chi connectivity index (χ0) is 16.8. The molecule has 0 aromatic carbocycles. The second-order valence-electron chi connectivity index (χ2n) is 6.51. The van der Waals surface area contributed by atoms with Crippen molar-refractivity contribution in [2.24, 2.45) is 24.6 Å². The highest BCUT2D eigenvalue weighted by atomic mass is 19.4. The predicted molar refractivity (Wildman–Crippen MR) is 75.1 cm³/mol. The van der Waals surface area contributed by atoms with Crippen molar-refractivity contribution in [3.05, 3.63) is 11.6 Å². The third-order valence-electron chi connectivity index (χ3n) is 5.02. The molecule has 1 saturated heterocycles. The van der Waals surface area contributed by atoms with Gasteiger partial charge in [0.1, 0.15) is 11.6 Å². The van der Waals surface area contributed by atoms with Crippen LogP contribution in [0.1, 0.15) is 36.8 Å². The minimum absolute atomic E-state index is 0.00509. The van der Waals surface area contributed by atoms with E-state index in [2.05, 4.69) is 10.2 Å². The average molecular weight is 331 g/mol. The molecule has 1 amide bonds. The summed E-state index contributed by atoms with van der Waals surface area (Å²) in [6.07, 6.45) is -1.09. The molecule has 2 heterocycles. The van der Waals surface area contributed by atoms with E-state index in [4.69, 9.17) is 5.73 Å². The summed E-state index contributed by atoms with van der Waals surface area (Å²) in [5, 5.41) is 8.29. The molecule has 2 aliphatic rings. The molecule has 128 valence electrons. The number of carbonyl (C=O) groups excluding carboxylic acids is 1. The van der Waals surface area contributed by atoms with Gasteiger partial charge in [0.15, 0.2) is 0 Å². The summed E-state index contributed by atoms with van der Waals surface area (Å²) in [6.45, 7) is 0.0143. The van der Waals surface area contributed by atoms with Crippen molar-refractivity contribution in [2.75, 3.05) is 13.1 Å². The minimum atomic E-state index is -4.43. The van der Waals surface area contributed by atoms with Crippen LogP contribution in [-0.2, 0) is 18.4 Å². The molecule has 1 saturated carbocycles. The summed E-state index contributed by atoms with van der Waals surface area (Å²) in [5.74, 6) is -1.89. The third-order valence-corrected chi connectivity index (χ3v) is 5.02. The summed E-state index contributed by atoms with van der Waals surface area (Å²) in [5.41, 5.74) is 5.14. The van der Waals surface area contributed by atoms with E-state index in [0.717, 1.165) is 18.7 Å². The number of amides is 1. The fourth-order valence-corrected chi connectivity index (χ4v) is 3.37. The van der Waals surface area contributed by atoms with Crippen LogP contribution in [0, 0.1) is 11.8 Å². The SMILES string of the molecule is Cn1c(CN2C[C@@H](C(F)(F)F)[C@H](C(N)=O)C2)nnc1C1CCC1. The standard InChI is InChI=1S/C14H20F3N5O/c1-21-11(19-20-13(21)8-3-2-4-8)7-22-5-9(12(18)23)10(6-22)14(15,16)17/h8-10H,2-7H2,1H3,(H2,18,23)/t9-,10-/m1/s1. The van der Waals surface area contributed by atoms with Crippen LogP contribution in [-0.4, -0.2) is 44.8 Å². The number of hydrogen-bond donors (Lipinski definition) is 1. The summed E-state index contributed by atoms with van der Waals surface area (Å²) < 4.78 is 41.0. The molecule has 2 atom stereocenters. The number of nitrogens with two attached hydrogens (primary N) is 1. The molecule has 23 heavy (non-hydrogen) atoms. The highest BCUT2D eigenvalue weighted by Crippen LogP contribution is 2.38. The van der Waals surface area contributed by atoms with Gasteiger partial charge in [-0.05, 0) is 12.8 Å². The van der Waals surface area contributed by atoms with Crippen molar-refractivity contribution in [3.8, 4) is 0 Å². The Morgan fingerprint density at radius 2 is 2.00 bits per heavy atom. The lowest BCUT2D eigenvalue weighted by Gasteiger charge is -2.24. The summed E-state index contributed by atoms with van der Waals surface area (Å²) >= 11 is 0. The van der Waals surface area contributed by atoms with Gasteiger partial charge in [0.25, 0.3) is 0 Å². The largest absolute Gasteiger partial charge is 0.393 e. The maximum atomic E-state index is 13.1. The van der Waals surface area contributed by atoms with Gasteiger partial charge >= 0.3 is 6.18 Å². The fraction of sp³-hybridized carbons (Fsp3) is 0.786. The van der Waals surface area contributed by atoms with E-state index in [1.165, 1.54) is 6.42 Å². The van der Waals surface area contributed by atoms with Gasteiger partial charge in [-0.2, -0.15) is 13.2 Å². The Morgan fingerprint density at radius 1 is 1.30 bits per heavy atom. The first-order valence-electron chi connectivity index (χ1n) is 7.74. The second-order valence-corrected chi connectivity index (χ2v) is 6.51. The van der Waals surface area contributed by atoms with Gasteiger partial charge in [0.2, 0.25) is 5.91 Å². The monoisotopic (exact) mass is 331 g/mol. The molecule has 6 nitrogen and oxygen atoms in total. The van der Waals surface area contributed by atoms with Gasteiger partial charge < -0.3 is 10.3 Å². The Balaban J connectivity index is 1.71. The van der Waals surface area contributed by atoms with E-state index in [0.29, 0.717) is 11.7 Å². The summed E-state index contributed by atoms with van der Waals surface area (Å²) in [7, 11) is 1.84. The van der Waals surface area contributed by atoms with Crippen LogP contribution in [0.4, 0.5) is 13.2 Å². The first kappa shape index (κ1) is 16.2. The maximum absolute atomic E-state index is 13.1. The van der Waals surface area contributed by atoms with Gasteiger partial charge in [-0.1, -0.05) is 6.42 Å². The van der Waals surface area contributed by atoms with Gasteiger partial charge in [-0.25, -0.2) is 0 Å². The number of alkyl halides is 3. The third kappa shape index (κ3) is 3.06. The van der Waals surface area contributed by atoms with E-state index in [9.17, 15) is 18.0 Å². The highest BCUT2D eigenvalue weighted by molar-refractivity contribution is 5.77. The molecule has 0 radical (unpaired) electrons. The lowest BCUT2D eigenvalue weighted by molar-refractivity contribution is -0.182. The Kier molecular flexibility index (Phi) is 4.07. The quantitative estimate of drug-likeness (QED) is 0.899. The molecule has 1 aliphatic carbocycles. The molecule has 2 N–H and O–H groups in total. The van der Waals surface area contributed by atoms with Crippen LogP contribution in [0.3, 0.4) is 0 Å². The van der Waals surface area contributed by atoms with Crippen molar-refractivity contribution in [2.45, 2.75) is 37.9 Å². The molecule has 1 aliphatic heterocycles. The molecular weight excluding hydrogens is 311 g/mol. The lowest BCUT2D eigenvalue weighted by Crippen LogP contribution is -2.37. The smallest absolute Gasteiger partial charge is 0.369 e. The molecule has 2 fully saturated rings. The Hall–Kier alpha value is -1.64. The zero-order valence-electron chi connectivity index (χ0n) is 12.9. The van der Waals surface area contributed by atoms with Crippen LogP contribution < -0.4 is 5.73 Å². The second kappa shape index (κ2) is 5.77. The number of hydrogen-bond acceptors (Lipinski definition) is 4. The Labute approximate surface area is 131 Å². The molecule has 0 unspecified atom stereocenters. The Morgan fingerprint density at radius 3 is 2.48 bits per heavy atom. The van der Waals surface area contributed by atoms with Crippen LogP contribution in [0.25, 0.3) is 0 Å². The van der Waals surface area contributed by atoms with Crippen molar-refractivity contribution >= 4 is 5.91 Å². The molecular formula is C14H20F3N5O. The average Bonchev–Trinajstić information content (AvgIpc) is 2.95. The number of primary amides is 1. The summed E-state index contributed by atoms with van der Waals surface area (Å²) in [4.78, 5) is 12.9. The predicted octanol–water partition coefficient (Wildman–Crippen LogP) is 1.18. The summed E-state index contributed by atoms with van der Waals surface area (Å²) in [6, 6.07) is 0. The maximum Gasteiger partial charge on any atom is 0.393 e. The molecule has 1 aromatic rings. The van der Waals surface area contributed by atoms with Crippen LogP contribution in [0.5, 0.6) is 0 Å². The van der Waals surface area contributed by atoms with Crippen molar-refractivity contribution < 1.29 is 18.0 Å². The molecule has 1 aromatic heterocycles. The molecule has 9 heteroatoms. The van der Waals surface area contributed by atoms with E-state index in [-0.39, 0.29) is 19.6 Å². The first-order chi connectivity index (χ1) is 10.8. The number of aromatic nitrogens is 3. The normalized spacial score (nSPS) is 26.4. The lowest BCUT2D eigenvalue weighted by atomic mass is 9.85. The van der Waals surface area contributed by atoms with Crippen LogP contribution in [0.2, 0.25) is 0 Å². The van der Waals surface area contributed by atoms with Gasteiger partial charge in [-0.15, -0.1) is 10.2 Å². The number of carbonyl (C=O) groups is 1. The fourth-order valence-electron chi connectivity index (χ4n) is 3.37. The number of halogens is 3. The van der Waals surface area contributed by atoms with Gasteiger partial charge in [-0.3, -0.25) is 9.69 Å². The van der Waals surface area contributed by atoms with E-state index >= 15 is 0 Å². The zero-order valence-corrected chi connectivity index (χ0v) is 12.9.